The standard InChI is InChI=1S/C18H15N.3C16H13N/c1-4-10-16(11-5-1)19(17-12-6-2-7-13-17)18-14-8-3-9-15-18;3*1-2-9-14(10-3-1)17-16-12-6-8-13-7-4-5-11-15(13)16/h1-15H;3*1-12,17H. The number of hydrogen-bond donors (Lipinski definition) is 3. The van der Waals surface area contributed by atoms with Crippen molar-refractivity contribution in [2.45, 2.75) is 0 Å². The average Bonchev–Trinajstić information content (AvgIpc) is 3.44. The minimum absolute atomic E-state index is 1.11. The third kappa shape index (κ3) is 12.3. The van der Waals surface area contributed by atoms with Crippen molar-refractivity contribution in [3.8, 4) is 0 Å². The van der Waals surface area contributed by atoms with E-state index in [4.69, 9.17) is 0 Å². The summed E-state index contributed by atoms with van der Waals surface area (Å²) in [5.41, 5.74) is 10.3. The minimum atomic E-state index is 1.11. The second-order valence-electron chi connectivity index (χ2n) is 16.4. The van der Waals surface area contributed by atoms with Crippen LogP contribution >= 0.6 is 0 Å². The summed E-state index contributed by atoms with van der Waals surface area (Å²) < 4.78 is 0. The van der Waals surface area contributed by atoms with Crippen molar-refractivity contribution in [3.05, 3.63) is 309 Å². The van der Waals surface area contributed by atoms with Crippen molar-refractivity contribution >= 4 is 83.5 Å². The maximum atomic E-state index is 3.45. The fraction of sp³-hybridized carbons (Fsp3) is 0. The molecule has 0 aliphatic carbocycles. The Hall–Kier alpha value is -9.38. The zero-order valence-corrected chi connectivity index (χ0v) is 38.9. The zero-order valence-electron chi connectivity index (χ0n) is 38.9. The first kappa shape index (κ1) is 45.8. The summed E-state index contributed by atoms with van der Waals surface area (Å²) in [6, 6.07) is 106. The van der Waals surface area contributed by atoms with E-state index in [9.17, 15) is 0 Å². The molecule has 4 heteroatoms. The highest BCUT2D eigenvalue weighted by molar-refractivity contribution is 5.97. The molecule has 0 amide bonds. The number of rotatable bonds is 9. The highest BCUT2D eigenvalue weighted by atomic mass is 15.1. The van der Waals surface area contributed by atoms with E-state index < -0.39 is 0 Å². The van der Waals surface area contributed by atoms with Crippen LogP contribution in [0, 0.1) is 0 Å². The molecule has 0 aliphatic rings. The molecular formula is C66H54N4. The van der Waals surface area contributed by atoms with Crippen molar-refractivity contribution in [1.29, 1.82) is 0 Å². The minimum Gasteiger partial charge on any atom is -0.355 e. The molecule has 12 rings (SSSR count). The largest absolute Gasteiger partial charge is 0.355 e. The lowest BCUT2D eigenvalue weighted by Crippen LogP contribution is -2.09. The molecule has 0 unspecified atom stereocenters. The molecule has 70 heavy (non-hydrogen) atoms. The Labute approximate surface area is 411 Å². The van der Waals surface area contributed by atoms with E-state index in [0.29, 0.717) is 0 Å². The smallest absolute Gasteiger partial charge is 0.0463 e. The van der Waals surface area contributed by atoms with Gasteiger partial charge in [0, 0.05) is 67.3 Å². The van der Waals surface area contributed by atoms with E-state index in [-0.39, 0.29) is 0 Å². The summed E-state index contributed by atoms with van der Waals surface area (Å²) in [5, 5.41) is 17.9. The Bertz CT molecular complexity index is 3060. The molecule has 12 aromatic carbocycles. The molecule has 0 fully saturated rings. The normalized spacial score (nSPS) is 10.3. The topological polar surface area (TPSA) is 39.3 Å². The van der Waals surface area contributed by atoms with E-state index in [0.717, 1.165) is 34.1 Å². The Morgan fingerprint density at radius 3 is 0.671 bits per heavy atom. The first-order chi connectivity index (χ1) is 34.7. The van der Waals surface area contributed by atoms with Crippen LogP contribution in [-0.2, 0) is 0 Å². The van der Waals surface area contributed by atoms with E-state index in [1.807, 2.05) is 72.8 Å². The van der Waals surface area contributed by atoms with Gasteiger partial charge in [0.2, 0.25) is 0 Å². The summed E-state index contributed by atoms with van der Waals surface area (Å²) >= 11 is 0. The summed E-state index contributed by atoms with van der Waals surface area (Å²) in [6.07, 6.45) is 0. The first-order valence-electron chi connectivity index (χ1n) is 23.6. The Balaban J connectivity index is 0.000000116. The number of nitrogens with one attached hydrogen (secondary N) is 3. The molecule has 4 nitrogen and oxygen atoms in total. The van der Waals surface area contributed by atoms with Crippen LogP contribution in [0.25, 0.3) is 32.3 Å². The number of para-hydroxylation sites is 6. The number of nitrogens with zero attached hydrogens (tertiary/aromatic N) is 1. The van der Waals surface area contributed by atoms with E-state index in [2.05, 4.69) is 257 Å². The average molecular weight is 903 g/mol. The van der Waals surface area contributed by atoms with Crippen molar-refractivity contribution in [1.82, 2.24) is 0 Å². The van der Waals surface area contributed by atoms with Crippen molar-refractivity contribution in [2.24, 2.45) is 0 Å². The van der Waals surface area contributed by atoms with E-state index in [1.165, 1.54) is 49.4 Å². The highest BCUT2D eigenvalue weighted by Crippen LogP contribution is 2.34. The molecule has 0 bridgehead atoms. The second kappa shape index (κ2) is 23.9. The van der Waals surface area contributed by atoms with Crippen LogP contribution in [0.2, 0.25) is 0 Å². The molecule has 0 heterocycles. The predicted octanol–water partition coefficient (Wildman–Crippen LogP) is 18.9. The maximum Gasteiger partial charge on any atom is 0.0463 e. The van der Waals surface area contributed by atoms with Crippen LogP contribution in [0.5, 0.6) is 0 Å². The third-order valence-corrected chi connectivity index (χ3v) is 11.6. The molecule has 0 radical (unpaired) electrons. The van der Waals surface area contributed by atoms with Gasteiger partial charge < -0.3 is 20.9 Å². The van der Waals surface area contributed by atoms with Gasteiger partial charge in [-0.2, -0.15) is 0 Å². The van der Waals surface area contributed by atoms with Crippen LogP contribution in [0.3, 0.4) is 0 Å². The fourth-order valence-electron chi connectivity index (χ4n) is 8.21. The predicted molar refractivity (Wildman–Crippen MR) is 302 cm³/mol. The van der Waals surface area contributed by atoms with E-state index in [1.54, 1.807) is 0 Å². The Morgan fingerprint density at radius 1 is 0.186 bits per heavy atom. The van der Waals surface area contributed by atoms with Crippen LogP contribution in [0.15, 0.2) is 309 Å². The van der Waals surface area contributed by atoms with E-state index >= 15 is 0 Å². The summed E-state index contributed by atoms with van der Waals surface area (Å²) in [5.74, 6) is 0. The molecule has 0 saturated heterocycles. The van der Waals surface area contributed by atoms with Gasteiger partial charge >= 0.3 is 0 Å². The molecular weight excluding hydrogens is 849 g/mol. The van der Waals surface area contributed by atoms with Gasteiger partial charge in [0.1, 0.15) is 0 Å². The number of anilines is 9. The number of hydrogen-bond acceptors (Lipinski definition) is 4. The van der Waals surface area contributed by atoms with Gasteiger partial charge in [-0.15, -0.1) is 0 Å². The lowest BCUT2D eigenvalue weighted by Gasteiger charge is -2.25. The summed E-state index contributed by atoms with van der Waals surface area (Å²) in [6.45, 7) is 0. The molecule has 0 saturated carbocycles. The molecule has 3 N–H and O–H groups in total. The Morgan fingerprint density at radius 2 is 0.400 bits per heavy atom. The third-order valence-electron chi connectivity index (χ3n) is 11.6. The second-order valence-corrected chi connectivity index (χ2v) is 16.4. The van der Waals surface area contributed by atoms with Gasteiger partial charge in [-0.25, -0.2) is 0 Å². The summed E-state index contributed by atoms with van der Waals surface area (Å²) in [7, 11) is 0. The van der Waals surface area contributed by atoms with Crippen LogP contribution in [-0.4, -0.2) is 0 Å². The van der Waals surface area contributed by atoms with Gasteiger partial charge in [0.15, 0.2) is 0 Å². The lowest BCUT2D eigenvalue weighted by atomic mass is 10.1. The van der Waals surface area contributed by atoms with Crippen molar-refractivity contribution in [3.63, 3.8) is 0 Å². The lowest BCUT2D eigenvalue weighted by molar-refractivity contribution is 1.28. The van der Waals surface area contributed by atoms with Gasteiger partial charge in [-0.05, 0) is 107 Å². The SMILES string of the molecule is c1ccc(N(c2ccccc2)c2ccccc2)cc1.c1ccc(Nc2cccc3ccccc23)cc1.c1ccc(Nc2cccc3ccccc23)cc1.c1ccc(Nc2cccc3ccccc23)cc1. The van der Waals surface area contributed by atoms with Gasteiger partial charge in [-0.3, -0.25) is 0 Å². The van der Waals surface area contributed by atoms with Crippen LogP contribution < -0.4 is 20.9 Å². The fourth-order valence-corrected chi connectivity index (χ4v) is 8.21. The molecule has 338 valence electrons. The maximum absolute atomic E-state index is 3.45. The first-order valence-corrected chi connectivity index (χ1v) is 23.6. The quantitative estimate of drug-likeness (QED) is 0.135. The molecule has 0 atom stereocenters. The summed E-state index contributed by atoms with van der Waals surface area (Å²) in [4.78, 5) is 2.25. The molecule has 0 aromatic heterocycles. The van der Waals surface area contributed by atoms with Gasteiger partial charge in [-0.1, -0.05) is 218 Å². The van der Waals surface area contributed by atoms with Crippen LogP contribution in [0.1, 0.15) is 0 Å². The molecule has 0 aliphatic heterocycles. The zero-order chi connectivity index (χ0) is 47.4. The van der Waals surface area contributed by atoms with Crippen molar-refractivity contribution in [2.75, 3.05) is 20.9 Å². The van der Waals surface area contributed by atoms with Gasteiger partial charge in [0.25, 0.3) is 0 Å². The van der Waals surface area contributed by atoms with Gasteiger partial charge in [0.05, 0.1) is 0 Å². The number of fused-ring (bicyclic) bond motifs is 3. The number of benzene rings is 12. The molecule has 12 aromatic rings. The highest BCUT2D eigenvalue weighted by Gasteiger charge is 2.10. The Kier molecular flexibility index (Phi) is 15.6. The van der Waals surface area contributed by atoms with Crippen molar-refractivity contribution < 1.29 is 0 Å². The monoisotopic (exact) mass is 902 g/mol. The molecule has 0 spiro atoms. The van der Waals surface area contributed by atoms with Crippen LogP contribution in [0.4, 0.5) is 51.2 Å².